The fraction of sp³-hybridized carbons (Fsp3) is 0.381. The Morgan fingerprint density at radius 2 is 1.79 bits per heavy atom. The summed E-state index contributed by atoms with van der Waals surface area (Å²) in [6.07, 6.45) is 0. The Kier molecular flexibility index (Phi) is 7.75. The number of anilines is 2. The average Bonchev–Trinajstić information content (AvgIpc) is 3.00. The van der Waals surface area contributed by atoms with Gasteiger partial charge < -0.3 is 20.3 Å². The number of hydrogen-bond donors (Lipinski definition) is 2. The number of aryl methyl sites for hydroxylation is 2. The SMILES string of the molecule is CCN(CC)C(=O)c1sc(NC(=S)Nc2cc(C)ccc2C)c(C(=O)OC)c1C. The maximum atomic E-state index is 12.9. The number of esters is 1. The summed E-state index contributed by atoms with van der Waals surface area (Å²) in [6.45, 7) is 10.8. The van der Waals surface area contributed by atoms with E-state index in [4.69, 9.17) is 17.0 Å². The van der Waals surface area contributed by atoms with E-state index in [1.54, 1.807) is 11.8 Å². The lowest BCUT2D eigenvalue weighted by Gasteiger charge is -2.18. The third-order valence-corrected chi connectivity index (χ3v) is 6.05. The zero-order valence-electron chi connectivity index (χ0n) is 17.6. The number of carbonyl (C=O) groups excluding carboxylic acids is 2. The minimum atomic E-state index is -0.505. The summed E-state index contributed by atoms with van der Waals surface area (Å²) in [6, 6.07) is 6.04. The van der Waals surface area contributed by atoms with Gasteiger partial charge in [0.15, 0.2) is 5.11 Å². The van der Waals surface area contributed by atoms with Gasteiger partial charge >= 0.3 is 5.97 Å². The summed E-state index contributed by atoms with van der Waals surface area (Å²) >= 11 is 6.67. The van der Waals surface area contributed by atoms with Crippen LogP contribution in [0.25, 0.3) is 0 Å². The minimum Gasteiger partial charge on any atom is -0.465 e. The number of amides is 1. The van der Waals surface area contributed by atoms with Gasteiger partial charge in [0, 0.05) is 18.8 Å². The molecule has 0 aliphatic heterocycles. The van der Waals surface area contributed by atoms with Crippen molar-refractivity contribution in [3.05, 3.63) is 45.3 Å². The predicted octanol–water partition coefficient (Wildman–Crippen LogP) is 4.75. The van der Waals surface area contributed by atoms with Gasteiger partial charge in [-0.1, -0.05) is 12.1 Å². The first kappa shape index (κ1) is 22.8. The van der Waals surface area contributed by atoms with Crippen LogP contribution in [-0.4, -0.2) is 42.1 Å². The molecular formula is C21H27N3O3S2. The molecular weight excluding hydrogens is 406 g/mol. The van der Waals surface area contributed by atoms with Crippen LogP contribution in [0.1, 0.15) is 50.6 Å². The molecule has 6 nitrogen and oxygen atoms in total. The molecule has 1 heterocycles. The molecule has 8 heteroatoms. The summed E-state index contributed by atoms with van der Waals surface area (Å²) in [5, 5.41) is 7.08. The van der Waals surface area contributed by atoms with E-state index in [-0.39, 0.29) is 5.91 Å². The third-order valence-electron chi connectivity index (χ3n) is 4.65. The molecule has 0 atom stereocenters. The Morgan fingerprint density at radius 1 is 1.14 bits per heavy atom. The van der Waals surface area contributed by atoms with E-state index in [2.05, 4.69) is 10.6 Å². The van der Waals surface area contributed by atoms with Crippen molar-refractivity contribution in [1.29, 1.82) is 0 Å². The van der Waals surface area contributed by atoms with E-state index in [9.17, 15) is 9.59 Å². The number of rotatable bonds is 6. The van der Waals surface area contributed by atoms with Gasteiger partial charge in [0.2, 0.25) is 0 Å². The number of ether oxygens (including phenoxy) is 1. The number of carbonyl (C=O) groups is 2. The van der Waals surface area contributed by atoms with E-state index in [1.807, 2.05) is 45.9 Å². The third kappa shape index (κ3) is 5.13. The predicted molar refractivity (Wildman–Crippen MR) is 123 cm³/mol. The summed E-state index contributed by atoms with van der Waals surface area (Å²) in [7, 11) is 1.32. The zero-order valence-corrected chi connectivity index (χ0v) is 19.3. The molecule has 1 aromatic carbocycles. The van der Waals surface area contributed by atoms with Gasteiger partial charge in [-0.3, -0.25) is 4.79 Å². The van der Waals surface area contributed by atoms with E-state index >= 15 is 0 Å². The first-order valence-electron chi connectivity index (χ1n) is 9.39. The van der Waals surface area contributed by atoms with Gasteiger partial charge in [0.05, 0.1) is 17.6 Å². The second-order valence-electron chi connectivity index (χ2n) is 6.63. The maximum Gasteiger partial charge on any atom is 0.341 e. The molecule has 1 aromatic heterocycles. The van der Waals surface area contributed by atoms with Crippen LogP contribution in [-0.2, 0) is 4.74 Å². The lowest BCUT2D eigenvalue weighted by molar-refractivity contribution is 0.0601. The number of benzene rings is 1. The van der Waals surface area contributed by atoms with Crippen LogP contribution in [0.15, 0.2) is 18.2 Å². The van der Waals surface area contributed by atoms with Crippen molar-refractivity contribution < 1.29 is 14.3 Å². The Hall–Kier alpha value is -2.45. The van der Waals surface area contributed by atoms with Crippen LogP contribution in [0.3, 0.4) is 0 Å². The molecule has 0 spiro atoms. The molecule has 2 rings (SSSR count). The molecule has 0 aliphatic carbocycles. The van der Waals surface area contributed by atoms with Crippen LogP contribution < -0.4 is 10.6 Å². The molecule has 0 saturated carbocycles. The van der Waals surface area contributed by atoms with Gasteiger partial charge in [0.1, 0.15) is 5.00 Å². The molecule has 1 amide bonds. The monoisotopic (exact) mass is 433 g/mol. The van der Waals surface area contributed by atoms with Crippen LogP contribution in [0.5, 0.6) is 0 Å². The largest absolute Gasteiger partial charge is 0.465 e. The molecule has 0 fully saturated rings. The first-order chi connectivity index (χ1) is 13.7. The smallest absolute Gasteiger partial charge is 0.341 e. The van der Waals surface area contributed by atoms with Gasteiger partial charge in [0.25, 0.3) is 5.91 Å². The van der Waals surface area contributed by atoms with Crippen LogP contribution in [0.4, 0.5) is 10.7 Å². The van der Waals surface area contributed by atoms with E-state index in [0.29, 0.717) is 39.2 Å². The van der Waals surface area contributed by atoms with Gasteiger partial charge in [-0.05, 0) is 69.6 Å². The van der Waals surface area contributed by atoms with Crippen molar-refractivity contribution >= 4 is 51.2 Å². The summed E-state index contributed by atoms with van der Waals surface area (Å²) in [5.74, 6) is -0.613. The number of thiophene rings is 1. The number of nitrogens with one attached hydrogen (secondary N) is 2. The number of methoxy groups -OCH3 is 1. The van der Waals surface area contributed by atoms with Gasteiger partial charge in [-0.2, -0.15) is 0 Å². The van der Waals surface area contributed by atoms with E-state index in [1.165, 1.54) is 18.4 Å². The van der Waals surface area contributed by atoms with E-state index in [0.717, 1.165) is 16.8 Å². The summed E-state index contributed by atoms with van der Waals surface area (Å²) in [4.78, 5) is 27.5. The number of nitrogens with zero attached hydrogens (tertiary/aromatic N) is 1. The fourth-order valence-corrected chi connectivity index (χ4v) is 4.38. The van der Waals surface area contributed by atoms with Crippen molar-refractivity contribution in [2.24, 2.45) is 0 Å². The molecule has 0 aliphatic rings. The van der Waals surface area contributed by atoms with E-state index < -0.39 is 5.97 Å². The molecule has 2 N–H and O–H groups in total. The molecule has 0 saturated heterocycles. The molecule has 0 unspecified atom stereocenters. The van der Waals surface area contributed by atoms with Crippen LogP contribution >= 0.6 is 23.6 Å². The van der Waals surface area contributed by atoms with Crippen LogP contribution in [0.2, 0.25) is 0 Å². The molecule has 156 valence electrons. The molecule has 0 radical (unpaired) electrons. The highest BCUT2D eigenvalue weighted by atomic mass is 32.1. The summed E-state index contributed by atoms with van der Waals surface area (Å²) in [5.41, 5.74) is 3.96. The van der Waals surface area contributed by atoms with Crippen molar-refractivity contribution in [3.8, 4) is 0 Å². The Labute approximate surface area is 181 Å². The average molecular weight is 434 g/mol. The highest BCUT2D eigenvalue weighted by Gasteiger charge is 2.27. The number of thiocarbonyl (C=S) groups is 1. The Morgan fingerprint density at radius 3 is 2.38 bits per heavy atom. The van der Waals surface area contributed by atoms with Crippen molar-refractivity contribution in [2.75, 3.05) is 30.8 Å². The number of hydrogen-bond acceptors (Lipinski definition) is 5. The zero-order chi connectivity index (χ0) is 21.7. The Balaban J connectivity index is 2.36. The maximum absolute atomic E-state index is 12.9. The first-order valence-corrected chi connectivity index (χ1v) is 10.6. The lowest BCUT2D eigenvalue weighted by atomic mass is 10.1. The fourth-order valence-electron chi connectivity index (χ4n) is 2.94. The van der Waals surface area contributed by atoms with Gasteiger partial charge in [-0.25, -0.2) is 4.79 Å². The highest BCUT2D eigenvalue weighted by Crippen LogP contribution is 2.34. The van der Waals surface area contributed by atoms with Gasteiger partial charge in [-0.15, -0.1) is 11.3 Å². The van der Waals surface area contributed by atoms with Crippen molar-refractivity contribution in [3.63, 3.8) is 0 Å². The molecule has 2 aromatic rings. The topological polar surface area (TPSA) is 70.7 Å². The Bertz CT molecular complexity index is 933. The second kappa shape index (κ2) is 9.84. The molecule has 0 bridgehead atoms. The summed E-state index contributed by atoms with van der Waals surface area (Å²) < 4.78 is 4.94. The molecule has 29 heavy (non-hydrogen) atoms. The highest BCUT2D eigenvalue weighted by molar-refractivity contribution is 7.80. The standard InChI is InChI=1S/C21H27N3O3S2/c1-7-24(8-2)19(25)17-14(5)16(20(26)27-6)18(29-17)23-21(28)22-15-11-12(3)9-10-13(15)4/h9-11H,7-8H2,1-6H3,(H2,22,23,28). The normalized spacial score (nSPS) is 10.4. The minimum absolute atomic E-state index is 0.107. The van der Waals surface area contributed by atoms with Crippen molar-refractivity contribution in [1.82, 2.24) is 4.90 Å². The second-order valence-corrected chi connectivity index (χ2v) is 8.06. The lowest BCUT2D eigenvalue weighted by Crippen LogP contribution is -2.30. The van der Waals surface area contributed by atoms with Crippen LogP contribution in [0, 0.1) is 20.8 Å². The van der Waals surface area contributed by atoms with Crippen molar-refractivity contribution in [2.45, 2.75) is 34.6 Å². The quantitative estimate of drug-likeness (QED) is 0.506.